The largest absolute Gasteiger partial charge is 0.278 e. The summed E-state index contributed by atoms with van der Waals surface area (Å²) in [6.07, 6.45) is 3.20. The van der Waals surface area contributed by atoms with Gasteiger partial charge in [-0.15, -0.1) is 11.3 Å². The molecule has 0 fully saturated rings. The summed E-state index contributed by atoms with van der Waals surface area (Å²) in [6.45, 7) is 0. The first kappa shape index (κ1) is 22.2. The second-order valence-electron chi connectivity index (χ2n) is 6.83. The van der Waals surface area contributed by atoms with E-state index in [1.807, 2.05) is 6.07 Å². The third kappa shape index (κ3) is 5.10. The number of nitrogens with one attached hydrogen (secondary N) is 3. The Morgan fingerprint density at radius 1 is 0.909 bits per heavy atom. The number of hydrogen-bond acceptors (Lipinski definition) is 6. The molecule has 4 rings (SSSR count). The number of nitrogens with zero attached hydrogens (tertiary/aromatic N) is 2. The second kappa shape index (κ2) is 9.67. The molecule has 0 aliphatic rings. The Morgan fingerprint density at radius 3 is 2.36 bits per heavy atom. The zero-order chi connectivity index (χ0) is 23.3. The van der Waals surface area contributed by atoms with Gasteiger partial charge in [0.05, 0.1) is 11.3 Å². The molecular weight excluding hydrogens is 462 g/mol. The van der Waals surface area contributed by atoms with Gasteiger partial charge in [0.1, 0.15) is 4.21 Å². The summed E-state index contributed by atoms with van der Waals surface area (Å²) in [5.41, 5.74) is 5.59. The van der Waals surface area contributed by atoms with Crippen LogP contribution in [0, 0.1) is 0 Å². The van der Waals surface area contributed by atoms with Crippen LogP contribution in [0.25, 0.3) is 0 Å². The van der Waals surface area contributed by atoms with Gasteiger partial charge >= 0.3 is 0 Å². The summed E-state index contributed by atoms with van der Waals surface area (Å²) in [4.78, 5) is 25.8. The topological polar surface area (TPSA) is 122 Å². The number of anilines is 1. The number of sulfonamides is 1. The van der Waals surface area contributed by atoms with Gasteiger partial charge < -0.3 is 0 Å². The number of amides is 2. The smallest absolute Gasteiger partial charge is 0.271 e. The third-order valence-corrected chi connectivity index (χ3v) is 7.39. The van der Waals surface area contributed by atoms with E-state index in [4.69, 9.17) is 0 Å². The highest BCUT2D eigenvalue weighted by molar-refractivity contribution is 7.94. The van der Waals surface area contributed by atoms with E-state index in [1.165, 1.54) is 22.9 Å². The summed E-state index contributed by atoms with van der Waals surface area (Å²) in [5.74, 6) is -1.20. The highest BCUT2D eigenvalue weighted by Crippen LogP contribution is 2.23. The average Bonchev–Trinajstić information content (AvgIpc) is 3.54. The van der Waals surface area contributed by atoms with E-state index in [9.17, 15) is 18.0 Å². The van der Waals surface area contributed by atoms with Crippen LogP contribution in [-0.2, 0) is 14.8 Å². The minimum absolute atomic E-state index is 0.0493. The van der Waals surface area contributed by atoms with Crippen molar-refractivity contribution in [3.05, 3.63) is 102 Å². The Bertz CT molecular complexity index is 1340. The van der Waals surface area contributed by atoms with Crippen LogP contribution < -0.4 is 15.6 Å². The molecule has 3 N–H and O–H groups in total. The Labute approximate surface area is 194 Å². The van der Waals surface area contributed by atoms with Crippen molar-refractivity contribution in [3.8, 4) is 0 Å². The maximum absolute atomic E-state index is 13.0. The van der Waals surface area contributed by atoms with Gasteiger partial charge in [-0.2, -0.15) is 5.10 Å². The summed E-state index contributed by atoms with van der Waals surface area (Å²) in [5, 5.41) is 5.79. The molecule has 0 aliphatic heterocycles. The van der Waals surface area contributed by atoms with Crippen LogP contribution in [-0.4, -0.2) is 30.0 Å². The van der Waals surface area contributed by atoms with Crippen molar-refractivity contribution in [2.45, 2.75) is 10.3 Å². The van der Waals surface area contributed by atoms with E-state index in [2.05, 4.69) is 20.7 Å². The lowest BCUT2D eigenvalue weighted by Gasteiger charge is -2.18. The molecule has 168 valence electrons. The third-order valence-electron chi connectivity index (χ3n) is 4.63. The molecule has 4 aromatic rings. The lowest BCUT2D eigenvalue weighted by molar-refractivity contribution is -0.124. The van der Waals surface area contributed by atoms with Crippen molar-refractivity contribution in [2.24, 2.45) is 0 Å². The normalized spacial score (nSPS) is 12.0. The number of hydrazine groups is 1. The SMILES string of the molecule is O=C(NNC(=O)C(c1ccccc1)n1cccn1)c1ccccc1NS(=O)(=O)c1cccs1. The fourth-order valence-corrected chi connectivity index (χ4v) is 5.20. The molecule has 0 saturated carbocycles. The van der Waals surface area contributed by atoms with Gasteiger partial charge in [-0.3, -0.25) is 29.8 Å². The standard InChI is InChI=1S/C22H19N5O4S2/c28-21(17-10-4-5-11-18(17)26-33(30,31)19-12-6-15-32-19)24-25-22(29)20(27-14-7-13-23-27)16-8-2-1-3-9-16/h1-15,20,26H,(H,24,28)(H,25,29). The molecule has 33 heavy (non-hydrogen) atoms. The first-order valence-corrected chi connectivity index (χ1v) is 12.1. The van der Waals surface area contributed by atoms with Crippen LogP contribution >= 0.6 is 11.3 Å². The molecule has 2 aromatic carbocycles. The molecule has 0 aliphatic carbocycles. The van der Waals surface area contributed by atoms with Crippen LogP contribution in [0.3, 0.4) is 0 Å². The fourth-order valence-electron chi connectivity index (χ4n) is 3.13. The predicted octanol–water partition coefficient (Wildman–Crippen LogP) is 2.80. The second-order valence-corrected chi connectivity index (χ2v) is 9.68. The lowest BCUT2D eigenvalue weighted by atomic mass is 10.1. The number of thiophene rings is 1. The molecule has 9 nitrogen and oxygen atoms in total. The van der Waals surface area contributed by atoms with Crippen molar-refractivity contribution in [1.29, 1.82) is 0 Å². The van der Waals surface area contributed by atoms with E-state index >= 15 is 0 Å². The monoisotopic (exact) mass is 481 g/mol. The number of benzene rings is 2. The Kier molecular flexibility index (Phi) is 6.52. The molecule has 11 heteroatoms. The highest BCUT2D eigenvalue weighted by Gasteiger charge is 2.24. The van der Waals surface area contributed by atoms with Gasteiger partial charge in [0, 0.05) is 12.4 Å². The number of aromatic nitrogens is 2. The first-order valence-electron chi connectivity index (χ1n) is 9.75. The van der Waals surface area contributed by atoms with Gasteiger partial charge in [-0.25, -0.2) is 8.42 Å². The molecular formula is C22H19N5O4S2. The molecule has 1 atom stereocenters. The van der Waals surface area contributed by atoms with E-state index in [1.54, 1.807) is 66.3 Å². The minimum atomic E-state index is -3.85. The Hall–Kier alpha value is -3.96. The molecule has 1 unspecified atom stereocenters. The van der Waals surface area contributed by atoms with Gasteiger partial charge in [-0.1, -0.05) is 48.5 Å². The summed E-state index contributed by atoms with van der Waals surface area (Å²) >= 11 is 1.06. The van der Waals surface area contributed by atoms with E-state index in [-0.39, 0.29) is 15.5 Å². The molecule has 0 bridgehead atoms. The van der Waals surface area contributed by atoms with Gasteiger partial charge in [0.15, 0.2) is 6.04 Å². The fraction of sp³-hybridized carbons (Fsp3) is 0.0455. The predicted molar refractivity (Wildman–Crippen MR) is 124 cm³/mol. The van der Waals surface area contributed by atoms with E-state index in [0.29, 0.717) is 5.56 Å². The highest BCUT2D eigenvalue weighted by atomic mass is 32.2. The summed E-state index contributed by atoms with van der Waals surface area (Å²) in [7, 11) is -3.85. The first-order chi connectivity index (χ1) is 16.0. The van der Waals surface area contributed by atoms with Crippen molar-refractivity contribution < 1.29 is 18.0 Å². The summed E-state index contributed by atoms with van der Waals surface area (Å²) < 4.78 is 29.2. The maximum Gasteiger partial charge on any atom is 0.271 e. The zero-order valence-electron chi connectivity index (χ0n) is 17.1. The molecule has 0 saturated heterocycles. The van der Waals surface area contributed by atoms with Crippen LogP contribution in [0.4, 0.5) is 5.69 Å². The van der Waals surface area contributed by atoms with E-state index < -0.39 is 27.9 Å². The Balaban J connectivity index is 1.50. The molecule has 2 amide bonds. The van der Waals surface area contributed by atoms with Crippen LogP contribution in [0.1, 0.15) is 22.0 Å². The number of hydrogen-bond donors (Lipinski definition) is 3. The molecule has 2 aromatic heterocycles. The van der Waals surface area contributed by atoms with Gasteiger partial charge in [0.2, 0.25) is 0 Å². The van der Waals surface area contributed by atoms with Crippen molar-refractivity contribution in [1.82, 2.24) is 20.6 Å². The Morgan fingerprint density at radius 2 is 1.67 bits per heavy atom. The van der Waals surface area contributed by atoms with Gasteiger partial charge in [0.25, 0.3) is 21.8 Å². The molecule has 0 radical (unpaired) electrons. The van der Waals surface area contributed by atoms with Gasteiger partial charge in [-0.05, 0) is 35.2 Å². The minimum Gasteiger partial charge on any atom is -0.278 e. The van der Waals surface area contributed by atoms with E-state index in [0.717, 1.165) is 11.3 Å². The van der Waals surface area contributed by atoms with Crippen LogP contribution in [0.15, 0.2) is 94.8 Å². The van der Waals surface area contributed by atoms with Crippen molar-refractivity contribution >= 4 is 38.9 Å². The molecule has 0 spiro atoms. The van der Waals surface area contributed by atoms with Crippen LogP contribution in [0.2, 0.25) is 0 Å². The average molecular weight is 482 g/mol. The van der Waals surface area contributed by atoms with Crippen molar-refractivity contribution in [2.75, 3.05) is 4.72 Å². The zero-order valence-corrected chi connectivity index (χ0v) is 18.7. The number of carbonyl (C=O) groups excluding carboxylic acids is 2. The molecule has 2 heterocycles. The number of carbonyl (C=O) groups is 2. The number of rotatable bonds is 7. The lowest BCUT2D eigenvalue weighted by Crippen LogP contribution is -2.45. The maximum atomic E-state index is 13.0. The van der Waals surface area contributed by atoms with Crippen molar-refractivity contribution in [3.63, 3.8) is 0 Å². The number of para-hydroxylation sites is 1. The quantitative estimate of drug-likeness (QED) is 0.351. The summed E-state index contributed by atoms with van der Waals surface area (Å²) in [6, 6.07) is 19.1. The van der Waals surface area contributed by atoms with Crippen LogP contribution in [0.5, 0.6) is 0 Å².